The molecule has 2 N–H and O–H groups in total. The molecular weight excluding hydrogens is 154 g/mol. The van der Waals surface area contributed by atoms with Crippen molar-refractivity contribution >= 4 is 0 Å². The second-order valence-corrected chi connectivity index (χ2v) is 3.83. The lowest BCUT2D eigenvalue weighted by atomic mass is 9.92. The van der Waals surface area contributed by atoms with Crippen LogP contribution in [0.4, 0.5) is 0 Å². The molecule has 1 saturated carbocycles. The van der Waals surface area contributed by atoms with E-state index < -0.39 is 0 Å². The summed E-state index contributed by atoms with van der Waals surface area (Å²) in [5, 5.41) is 12.4. The van der Waals surface area contributed by atoms with Gasteiger partial charge in [0.15, 0.2) is 0 Å². The molecule has 0 unspecified atom stereocenters. The predicted molar refractivity (Wildman–Crippen MR) is 46.0 cm³/mol. The Kier molecular flexibility index (Phi) is 2.63. The molecule has 0 aromatic rings. The third kappa shape index (κ3) is 1.97. The summed E-state index contributed by atoms with van der Waals surface area (Å²) in [5.74, 6) is 0. The number of hydrogen-bond donors (Lipinski definition) is 2. The molecule has 0 amide bonds. The number of ether oxygens (including phenoxy) is 1. The lowest BCUT2D eigenvalue weighted by Gasteiger charge is -2.35. The molecule has 0 atom stereocenters. The smallest absolute Gasteiger partial charge is 0.0628 e. The van der Waals surface area contributed by atoms with Crippen molar-refractivity contribution in [3.63, 3.8) is 0 Å². The SMILES string of the molecule is OC1CC(OC2CCNCC2)C1. The van der Waals surface area contributed by atoms with Crippen LogP contribution in [0.3, 0.4) is 0 Å². The highest BCUT2D eigenvalue weighted by Crippen LogP contribution is 2.25. The second-order valence-electron chi connectivity index (χ2n) is 3.83. The topological polar surface area (TPSA) is 41.5 Å². The van der Waals surface area contributed by atoms with Gasteiger partial charge in [-0.25, -0.2) is 0 Å². The predicted octanol–water partition coefficient (Wildman–Crippen LogP) is 0.278. The quantitative estimate of drug-likeness (QED) is 0.627. The van der Waals surface area contributed by atoms with Crippen LogP contribution in [0, 0.1) is 0 Å². The van der Waals surface area contributed by atoms with Crippen LogP contribution in [-0.4, -0.2) is 36.5 Å². The Labute approximate surface area is 73.1 Å². The largest absolute Gasteiger partial charge is 0.393 e. The van der Waals surface area contributed by atoms with Crippen LogP contribution in [0.25, 0.3) is 0 Å². The van der Waals surface area contributed by atoms with E-state index in [2.05, 4.69) is 5.32 Å². The van der Waals surface area contributed by atoms with Gasteiger partial charge < -0.3 is 15.2 Å². The molecule has 3 nitrogen and oxygen atoms in total. The van der Waals surface area contributed by atoms with Crippen molar-refractivity contribution in [3.8, 4) is 0 Å². The van der Waals surface area contributed by atoms with Crippen LogP contribution in [0.1, 0.15) is 25.7 Å². The third-order valence-electron chi connectivity index (χ3n) is 2.74. The van der Waals surface area contributed by atoms with E-state index >= 15 is 0 Å². The van der Waals surface area contributed by atoms with E-state index in [4.69, 9.17) is 9.84 Å². The molecule has 0 aromatic heterocycles. The van der Waals surface area contributed by atoms with Gasteiger partial charge in [0.2, 0.25) is 0 Å². The molecule has 2 rings (SSSR count). The fourth-order valence-corrected chi connectivity index (χ4v) is 1.85. The number of piperidine rings is 1. The maximum absolute atomic E-state index is 9.06. The van der Waals surface area contributed by atoms with Gasteiger partial charge in [0.25, 0.3) is 0 Å². The molecule has 0 aromatic carbocycles. The van der Waals surface area contributed by atoms with Gasteiger partial charge in [0.05, 0.1) is 18.3 Å². The summed E-state index contributed by atoms with van der Waals surface area (Å²) in [4.78, 5) is 0. The summed E-state index contributed by atoms with van der Waals surface area (Å²) >= 11 is 0. The van der Waals surface area contributed by atoms with Gasteiger partial charge in [-0.05, 0) is 38.8 Å². The third-order valence-corrected chi connectivity index (χ3v) is 2.74. The Bertz CT molecular complexity index is 139. The summed E-state index contributed by atoms with van der Waals surface area (Å²) in [5.41, 5.74) is 0. The lowest BCUT2D eigenvalue weighted by molar-refractivity contribution is -0.110. The minimum atomic E-state index is -0.0864. The molecule has 70 valence electrons. The van der Waals surface area contributed by atoms with E-state index in [1.165, 1.54) is 0 Å². The molecule has 1 aliphatic carbocycles. The normalized spacial score (nSPS) is 37.8. The van der Waals surface area contributed by atoms with E-state index in [1.54, 1.807) is 0 Å². The van der Waals surface area contributed by atoms with Crippen molar-refractivity contribution < 1.29 is 9.84 Å². The van der Waals surface area contributed by atoms with Gasteiger partial charge in [-0.2, -0.15) is 0 Å². The minimum Gasteiger partial charge on any atom is -0.393 e. The van der Waals surface area contributed by atoms with Crippen molar-refractivity contribution in [2.75, 3.05) is 13.1 Å². The number of aliphatic hydroxyl groups excluding tert-OH is 1. The first-order valence-corrected chi connectivity index (χ1v) is 4.89. The number of aliphatic hydroxyl groups is 1. The summed E-state index contributed by atoms with van der Waals surface area (Å²) in [6.07, 6.45) is 4.68. The number of rotatable bonds is 2. The first-order chi connectivity index (χ1) is 5.84. The zero-order chi connectivity index (χ0) is 8.39. The van der Waals surface area contributed by atoms with Crippen LogP contribution in [0.15, 0.2) is 0 Å². The first-order valence-electron chi connectivity index (χ1n) is 4.89. The fraction of sp³-hybridized carbons (Fsp3) is 1.00. The van der Waals surface area contributed by atoms with E-state index in [0.717, 1.165) is 38.8 Å². The molecule has 12 heavy (non-hydrogen) atoms. The monoisotopic (exact) mass is 171 g/mol. The summed E-state index contributed by atoms with van der Waals surface area (Å²) in [6.45, 7) is 2.17. The van der Waals surface area contributed by atoms with Crippen LogP contribution < -0.4 is 5.32 Å². The van der Waals surface area contributed by atoms with E-state index in [1.807, 2.05) is 0 Å². The molecular formula is C9H17NO2. The maximum Gasteiger partial charge on any atom is 0.0628 e. The van der Waals surface area contributed by atoms with Gasteiger partial charge in [-0.3, -0.25) is 0 Å². The van der Waals surface area contributed by atoms with Crippen molar-refractivity contribution in [2.24, 2.45) is 0 Å². The van der Waals surface area contributed by atoms with Crippen molar-refractivity contribution in [1.29, 1.82) is 0 Å². The summed E-state index contributed by atoms with van der Waals surface area (Å²) < 4.78 is 5.80. The van der Waals surface area contributed by atoms with Gasteiger partial charge in [0, 0.05) is 0 Å². The highest BCUT2D eigenvalue weighted by molar-refractivity contribution is 4.81. The molecule has 1 saturated heterocycles. The Morgan fingerprint density at radius 2 is 1.75 bits per heavy atom. The highest BCUT2D eigenvalue weighted by atomic mass is 16.5. The average Bonchev–Trinajstić information content (AvgIpc) is 2.04. The van der Waals surface area contributed by atoms with Crippen molar-refractivity contribution in [3.05, 3.63) is 0 Å². The average molecular weight is 171 g/mol. The fourth-order valence-electron chi connectivity index (χ4n) is 1.85. The molecule has 0 radical (unpaired) electrons. The molecule has 2 aliphatic rings. The zero-order valence-electron chi connectivity index (χ0n) is 7.33. The standard InChI is InChI=1S/C9H17NO2/c11-7-5-9(6-7)12-8-1-3-10-4-2-8/h7-11H,1-6H2. The van der Waals surface area contributed by atoms with Gasteiger partial charge in [-0.1, -0.05) is 0 Å². The van der Waals surface area contributed by atoms with Gasteiger partial charge in [-0.15, -0.1) is 0 Å². The van der Waals surface area contributed by atoms with Crippen LogP contribution in [0.2, 0.25) is 0 Å². The Morgan fingerprint density at radius 3 is 2.33 bits per heavy atom. The molecule has 1 aliphatic heterocycles. The molecule has 0 spiro atoms. The van der Waals surface area contributed by atoms with E-state index in [9.17, 15) is 0 Å². The molecule has 0 bridgehead atoms. The number of nitrogens with one attached hydrogen (secondary N) is 1. The summed E-state index contributed by atoms with van der Waals surface area (Å²) in [7, 11) is 0. The lowest BCUT2D eigenvalue weighted by Crippen LogP contribution is -2.41. The van der Waals surface area contributed by atoms with Gasteiger partial charge >= 0.3 is 0 Å². The zero-order valence-corrected chi connectivity index (χ0v) is 7.33. The Morgan fingerprint density at radius 1 is 1.08 bits per heavy atom. The number of hydrogen-bond acceptors (Lipinski definition) is 3. The molecule has 1 heterocycles. The van der Waals surface area contributed by atoms with Crippen LogP contribution in [-0.2, 0) is 4.74 Å². The summed E-state index contributed by atoms with van der Waals surface area (Å²) in [6, 6.07) is 0. The maximum atomic E-state index is 9.06. The second kappa shape index (κ2) is 3.73. The molecule has 2 fully saturated rings. The minimum absolute atomic E-state index is 0.0864. The highest BCUT2D eigenvalue weighted by Gasteiger charge is 2.30. The van der Waals surface area contributed by atoms with E-state index in [-0.39, 0.29) is 6.10 Å². The first kappa shape index (κ1) is 8.48. The van der Waals surface area contributed by atoms with Gasteiger partial charge in [0.1, 0.15) is 0 Å². The van der Waals surface area contributed by atoms with Crippen LogP contribution >= 0.6 is 0 Å². The molecule has 3 heteroatoms. The Hall–Kier alpha value is -0.120. The Balaban J connectivity index is 1.65. The van der Waals surface area contributed by atoms with Crippen molar-refractivity contribution in [2.45, 2.75) is 44.0 Å². The van der Waals surface area contributed by atoms with Crippen LogP contribution in [0.5, 0.6) is 0 Å². The van der Waals surface area contributed by atoms with Crippen molar-refractivity contribution in [1.82, 2.24) is 5.32 Å². The van der Waals surface area contributed by atoms with E-state index in [0.29, 0.717) is 12.2 Å².